The number of nitrogens with one attached hydrogen (secondary N) is 1. The molecule has 1 atom stereocenters. The van der Waals surface area contributed by atoms with Crippen LogP contribution in [-0.4, -0.2) is 35.6 Å². The zero-order valence-electron chi connectivity index (χ0n) is 10.8. The molecule has 1 aliphatic rings. The molecule has 0 radical (unpaired) electrons. The lowest BCUT2D eigenvalue weighted by Gasteiger charge is -2.21. The van der Waals surface area contributed by atoms with Gasteiger partial charge in [-0.15, -0.1) is 0 Å². The first-order valence-corrected chi connectivity index (χ1v) is 6.34. The summed E-state index contributed by atoms with van der Waals surface area (Å²) in [6, 6.07) is 0. The Labute approximate surface area is 115 Å². The second kappa shape index (κ2) is 5.82. The summed E-state index contributed by atoms with van der Waals surface area (Å²) in [5.74, 6) is -5.24. The average molecular weight is 317 g/mol. The minimum Gasteiger partial charge on any atom is -0.338 e. The molecule has 0 aromatic carbocycles. The van der Waals surface area contributed by atoms with E-state index < -0.39 is 24.2 Å². The van der Waals surface area contributed by atoms with Crippen LogP contribution < -0.4 is 5.32 Å². The van der Waals surface area contributed by atoms with E-state index in [0.717, 1.165) is 19.4 Å². The van der Waals surface area contributed by atoms with E-state index in [1.54, 1.807) is 0 Å². The predicted molar refractivity (Wildman–Crippen MR) is 58.4 cm³/mol. The maximum atomic E-state index is 12.5. The van der Waals surface area contributed by atoms with Gasteiger partial charge in [0, 0.05) is 6.42 Å². The number of hydrogen-bond donors (Lipinski definition) is 1. The van der Waals surface area contributed by atoms with Crippen LogP contribution in [-0.2, 0) is 6.42 Å². The number of hydrogen-bond acceptors (Lipinski definition) is 4. The molecule has 1 fully saturated rings. The number of rotatable bonds is 3. The van der Waals surface area contributed by atoms with Gasteiger partial charge in [-0.1, -0.05) is 5.16 Å². The Hall–Kier alpha value is -1.32. The van der Waals surface area contributed by atoms with E-state index in [1.807, 2.05) is 0 Å². The maximum Gasteiger partial charge on any atom is 0.409 e. The van der Waals surface area contributed by atoms with Crippen molar-refractivity contribution in [1.82, 2.24) is 15.5 Å². The summed E-state index contributed by atoms with van der Waals surface area (Å²) in [6.45, 7) is 1.48. The number of halogens is 6. The fourth-order valence-electron chi connectivity index (χ4n) is 2.29. The Morgan fingerprint density at radius 2 is 1.86 bits per heavy atom. The normalized spacial score (nSPS) is 21.0. The molecule has 4 nitrogen and oxygen atoms in total. The van der Waals surface area contributed by atoms with Gasteiger partial charge in [0.25, 0.3) is 0 Å². The summed E-state index contributed by atoms with van der Waals surface area (Å²) < 4.78 is 79.3. The first kappa shape index (κ1) is 16.1. The van der Waals surface area contributed by atoms with Crippen LogP contribution in [0.1, 0.15) is 30.5 Å². The van der Waals surface area contributed by atoms with Gasteiger partial charge in [-0.05, 0) is 31.8 Å². The molecule has 0 saturated carbocycles. The van der Waals surface area contributed by atoms with Gasteiger partial charge in [0.2, 0.25) is 11.8 Å². The van der Waals surface area contributed by atoms with Gasteiger partial charge in [0.05, 0.1) is 0 Å². The second-order valence-corrected chi connectivity index (χ2v) is 4.98. The fraction of sp³-hybridized carbons (Fsp3) is 0.818. The van der Waals surface area contributed by atoms with Crippen LogP contribution in [0.25, 0.3) is 0 Å². The van der Waals surface area contributed by atoms with E-state index >= 15 is 0 Å². The largest absolute Gasteiger partial charge is 0.409 e. The Balaban J connectivity index is 2.13. The lowest BCUT2D eigenvalue weighted by atomic mass is 9.96. The van der Waals surface area contributed by atoms with E-state index in [4.69, 9.17) is 0 Å². The summed E-state index contributed by atoms with van der Waals surface area (Å²) in [6.07, 6.45) is -9.14. The van der Waals surface area contributed by atoms with Crippen molar-refractivity contribution >= 4 is 0 Å². The fourth-order valence-corrected chi connectivity index (χ4v) is 2.29. The lowest BCUT2D eigenvalue weighted by Crippen LogP contribution is -2.34. The van der Waals surface area contributed by atoms with Crippen molar-refractivity contribution in [2.45, 2.75) is 37.5 Å². The predicted octanol–water partition coefficient (Wildman–Crippen LogP) is 2.82. The highest BCUT2D eigenvalue weighted by molar-refractivity contribution is 5.02. The van der Waals surface area contributed by atoms with Crippen molar-refractivity contribution in [3.05, 3.63) is 11.7 Å². The van der Waals surface area contributed by atoms with Gasteiger partial charge in [-0.2, -0.15) is 31.3 Å². The summed E-state index contributed by atoms with van der Waals surface area (Å²) in [4.78, 5) is 3.29. The van der Waals surface area contributed by atoms with Crippen molar-refractivity contribution in [1.29, 1.82) is 0 Å². The summed E-state index contributed by atoms with van der Waals surface area (Å²) in [7, 11) is 0. The van der Waals surface area contributed by atoms with Crippen LogP contribution >= 0.6 is 0 Å². The summed E-state index contributed by atoms with van der Waals surface area (Å²) >= 11 is 0. The van der Waals surface area contributed by atoms with Crippen molar-refractivity contribution in [3.63, 3.8) is 0 Å². The molecule has 10 heteroatoms. The number of nitrogens with zero attached hydrogens (tertiary/aromatic N) is 2. The topological polar surface area (TPSA) is 51.0 Å². The Morgan fingerprint density at radius 3 is 2.38 bits per heavy atom. The standard InChI is InChI=1S/C11H13F6N3O/c12-10(13,14)8(11(15,16)17)9-19-7(20-21-9)4-6-2-1-3-18-5-6/h6,8,18H,1-5H2. The quantitative estimate of drug-likeness (QED) is 0.871. The van der Waals surface area contributed by atoms with Crippen molar-refractivity contribution in [2.75, 3.05) is 13.1 Å². The SMILES string of the molecule is FC(F)(F)C(c1nc(CC2CCCNC2)no1)C(F)(F)F. The second-order valence-electron chi connectivity index (χ2n) is 4.98. The van der Waals surface area contributed by atoms with Crippen LogP contribution in [0.3, 0.4) is 0 Å². The van der Waals surface area contributed by atoms with Crippen LogP contribution in [0.4, 0.5) is 26.3 Å². The van der Waals surface area contributed by atoms with E-state index in [9.17, 15) is 26.3 Å². The maximum absolute atomic E-state index is 12.5. The molecule has 2 rings (SSSR count). The molecule has 1 unspecified atom stereocenters. The molecule has 1 aromatic rings. The monoisotopic (exact) mass is 317 g/mol. The highest BCUT2D eigenvalue weighted by Crippen LogP contribution is 2.45. The Bertz CT molecular complexity index is 449. The first-order valence-electron chi connectivity index (χ1n) is 6.34. The molecule has 0 amide bonds. The molecule has 21 heavy (non-hydrogen) atoms. The van der Waals surface area contributed by atoms with Gasteiger partial charge in [-0.3, -0.25) is 0 Å². The van der Waals surface area contributed by atoms with E-state index in [1.165, 1.54) is 0 Å². The third kappa shape index (κ3) is 4.08. The number of aromatic nitrogens is 2. The number of piperidine rings is 1. The highest BCUT2D eigenvalue weighted by atomic mass is 19.4. The van der Waals surface area contributed by atoms with Gasteiger partial charge in [-0.25, -0.2) is 0 Å². The van der Waals surface area contributed by atoms with Gasteiger partial charge < -0.3 is 9.84 Å². The van der Waals surface area contributed by atoms with E-state index in [-0.39, 0.29) is 18.2 Å². The molecular weight excluding hydrogens is 304 g/mol. The smallest absolute Gasteiger partial charge is 0.338 e. The van der Waals surface area contributed by atoms with Crippen LogP contribution in [0.5, 0.6) is 0 Å². The minimum atomic E-state index is -5.52. The van der Waals surface area contributed by atoms with Crippen LogP contribution in [0.2, 0.25) is 0 Å². The summed E-state index contributed by atoms with van der Waals surface area (Å²) in [5, 5.41) is 6.33. The zero-order valence-corrected chi connectivity index (χ0v) is 10.8. The zero-order chi connectivity index (χ0) is 15.7. The third-order valence-electron chi connectivity index (χ3n) is 3.26. The van der Waals surface area contributed by atoms with Gasteiger partial charge in [0.1, 0.15) is 0 Å². The lowest BCUT2D eigenvalue weighted by molar-refractivity contribution is -0.259. The summed E-state index contributed by atoms with van der Waals surface area (Å²) in [5.41, 5.74) is 0. The molecule has 0 spiro atoms. The number of alkyl halides is 6. The van der Waals surface area contributed by atoms with E-state index in [2.05, 4.69) is 20.0 Å². The van der Waals surface area contributed by atoms with Gasteiger partial charge >= 0.3 is 12.4 Å². The molecule has 120 valence electrons. The molecule has 1 N–H and O–H groups in total. The molecule has 2 heterocycles. The molecule has 1 aliphatic heterocycles. The molecule has 1 aromatic heterocycles. The van der Waals surface area contributed by atoms with E-state index in [0.29, 0.717) is 6.54 Å². The van der Waals surface area contributed by atoms with Crippen molar-refractivity contribution in [2.24, 2.45) is 5.92 Å². The minimum absolute atomic E-state index is 0.0828. The molecule has 0 bridgehead atoms. The van der Waals surface area contributed by atoms with Gasteiger partial charge in [0.15, 0.2) is 5.82 Å². The molecule has 1 saturated heterocycles. The Kier molecular flexibility index (Phi) is 4.45. The average Bonchev–Trinajstić information content (AvgIpc) is 2.74. The van der Waals surface area contributed by atoms with Crippen LogP contribution in [0, 0.1) is 5.92 Å². The van der Waals surface area contributed by atoms with Crippen molar-refractivity contribution in [3.8, 4) is 0 Å². The molecule has 0 aliphatic carbocycles. The van der Waals surface area contributed by atoms with Crippen LogP contribution in [0.15, 0.2) is 4.52 Å². The Morgan fingerprint density at radius 1 is 1.19 bits per heavy atom. The van der Waals surface area contributed by atoms with Crippen molar-refractivity contribution < 1.29 is 30.9 Å². The third-order valence-corrected chi connectivity index (χ3v) is 3.26. The molecular formula is C11H13F6N3O. The highest BCUT2D eigenvalue weighted by Gasteiger charge is 2.60. The first-order chi connectivity index (χ1) is 9.68.